The summed E-state index contributed by atoms with van der Waals surface area (Å²) < 4.78 is 0. The van der Waals surface area contributed by atoms with Crippen LogP contribution in [0.3, 0.4) is 0 Å². The maximum absolute atomic E-state index is 9.26. The van der Waals surface area contributed by atoms with Crippen molar-refractivity contribution in [1.82, 2.24) is 4.98 Å². The summed E-state index contributed by atoms with van der Waals surface area (Å²) >= 11 is 0. The van der Waals surface area contributed by atoms with E-state index in [4.69, 9.17) is 5.73 Å². The van der Waals surface area contributed by atoms with E-state index in [0.29, 0.717) is 28.5 Å². The molecule has 1 aromatic rings. The maximum atomic E-state index is 9.26. The second kappa shape index (κ2) is 4.12. The minimum atomic E-state index is 0.239. The predicted octanol–water partition coefficient (Wildman–Crippen LogP) is 3.16. The molecule has 0 aliphatic heterocycles. The first-order chi connectivity index (χ1) is 9.37. The molecule has 2 saturated carbocycles. The summed E-state index contributed by atoms with van der Waals surface area (Å²) in [5.74, 6) is 1.44. The van der Waals surface area contributed by atoms with Crippen molar-refractivity contribution in [3.05, 3.63) is 17.8 Å². The standard InChI is InChI=1S/C16H22N4/c1-15(2)11-4-5-16(3,7-11)14(15)20-13-10(8-17)6-12(18)9-19-13/h6,9,11,14H,4-5,7,18H2,1-3H3,(H,19,20). The molecule has 3 N–H and O–H groups in total. The summed E-state index contributed by atoms with van der Waals surface area (Å²) in [6.07, 6.45) is 5.47. The molecule has 0 saturated heterocycles. The van der Waals surface area contributed by atoms with Crippen LogP contribution in [-0.2, 0) is 0 Å². The molecule has 2 fully saturated rings. The average molecular weight is 270 g/mol. The van der Waals surface area contributed by atoms with E-state index in [1.807, 2.05) is 0 Å². The van der Waals surface area contributed by atoms with Gasteiger partial charge in [-0.05, 0) is 42.1 Å². The highest BCUT2D eigenvalue weighted by atomic mass is 15.1. The first kappa shape index (κ1) is 13.2. The molecular formula is C16H22N4. The zero-order chi connectivity index (χ0) is 14.5. The van der Waals surface area contributed by atoms with Crippen molar-refractivity contribution in [2.75, 3.05) is 11.1 Å². The lowest BCUT2D eigenvalue weighted by Crippen LogP contribution is -2.46. The van der Waals surface area contributed by atoms with Crippen LogP contribution in [0.4, 0.5) is 11.5 Å². The number of anilines is 2. The predicted molar refractivity (Wildman–Crippen MR) is 80.0 cm³/mol. The van der Waals surface area contributed by atoms with Gasteiger partial charge in [0.2, 0.25) is 0 Å². The Morgan fingerprint density at radius 1 is 1.45 bits per heavy atom. The number of nitrogens with zero attached hydrogens (tertiary/aromatic N) is 2. The van der Waals surface area contributed by atoms with Gasteiger partial charge in [0.1, 0.15) is 11.9 Å². The van der Waals surface area contributed by atoms with Crippen molar-refractivity contribution in [1.29, 1.82) is 5.26 Å². The first-order valence-electron chi connectivity index (χ1n) is 7.29. The second-order valence-corrected chi connectivity index (χ2v) is 7.27. The van der Waals surface area contributed by atoms with Crippen molar-refractivity contribution < 1.29 is 0 Å². The Morgan fingerprint density at radius 2 is 2.20 bits per heavy atom. The van der Waals surface area contributed by atoms with Crippen LogP contribution in [0.1, 0.15) is 45.6 Å². The summed E-state index contributed by atoms with van der Waals surface area (Å²) in [6, 6.07) is 4.24. The zero-order valence-electron chi connectivity index (χ0n) is 12.4. The topological polar surface area (TPSA) is 74.7 Å². The number of aromatic nitrogens is 1. The molecule has 3 unspecified atom stereocenters. The molecular weight excluding hydrogens is 248 g/mol. The number of nitriles is 1. The lowest BCUT2D eigenvalue weighted by atomic mass is 9.68. The SMILES string of the molecule is CC12CCC(C1)C(C)(C)C2Nc1ncc(N)cc1C#N. The van der Waals surface area contributed by atoms with Crippen LogP contribution in [0.15, 0.2) is 12.3 Å². The summed E-state index contributed by atoms with van der Waals surface area (Å²) in [4.78, 5) is 4.33. The highest BCUT2D eigenvalue weighted by Gasteiger charge is 2.59. The van der Waals surface area contributed by atoms with Crippen LogP contribution in [0, 0.1) is 28.1 Å². The smallest absolute Gasteiger partial charge is 0.144 e. The van der Waals surface area contributed by atoms with E-state index in [9.17, 15) is 5.26 Å². The van der Waals surface area contributed by atoms with Gasteiger partial charge in [-0.1, -0.05) is 20.8 Å². The summed E-state index contributed by atoms with van der Waals surface area (Å²) in [6.45, 7) is 7.04. The van der Waals surface area contributed by atoms with Crippen molar-refractivity contribution in [2.24, 2.45) is 16.7 Å². The number of pyridine rings is 1. The largest absolute Gasteiger partial charge is 0.397 e. The number of nitrogen functional groups attached to an aromatic ring is 1. The van der Waals surface area contributed by atoms with Crippen LogP contribution < -0.4 is 11.1 Å². The van der Waals surface area contributed by atoms with E-state index < -0.39 is 0 Å². The van der Waals surface area contributed by atoms with Gasteiger partial charge < -0.3 is 11.1 Å². The lowest BCUT2D eigenvalue weighted by Gasteiger charge is -2.43. The quantitative estimate of drug-likeness (QED) is 0.865. The molecule has 0 spiro atoms. The molecule has 20 heavy (non-hydrogen) atoms. The third-order valence-electron chi connectivity index (χ3n) is 5.58. The fourth-order valence-corrected chi connectivity index (χ4v) is 4.48. The van der Waals surface area contributed by atoms with Crippen LogP contribution >= 0.6 is 0 Å². The molecule has 0 amide bonds. The third kappa shape index (κ3) is 1.76. The molecule has 1 aromatic heterocycles. The van der Waals surface area contributed by atoms with E-state index >= 15 is 0 Å². The van der Waals surface area contributed by atoms with Gasteiger partial charge in [-0.15, -0.1) is 0 Å². The molecule has 3 rings (SSSR count). The van der Waals surface area contributed by atoms with Gasteiger partial charge >= 0.3 is 0 Å². The van der Waals surface area contributed by atoms with Crippen molar-refractivity contribution in [3.8, 4) is 6.07 Å². The minimum absolute atomic E-state index is 0.239. The van der Waals surface area contributed by atoms with E-state index in [1.54, 1.807) is 12.3 Å². The average Bonchev–Trinajstić information content (AvgIpc) is 2.87. The van der Waals surface area contributed by atoms with Crippen LogP contribution in [0.2, 0.25) is 0 Å². The molecule has 3 atom stereocenters. The number of hydrogen-bond donors (Lipinski definition) is 2. The zero-order valence-corrected chi connectivity index (χ0v) is 12.4. The monoisotopic (exact) mass is 270 g/mol. The normalized spacial score (nSPS) is 33.9. The molecule has 1 heterocycles. The Labute approximate surface area is 120 Å². The Hall–Kier alpha value is -1.76. The van der Waals surface area contributed by atoms with Gasteiger partial charge in [0, 0.05) is 6.04 Å². The summed E-state index contributed by atoms with van der Waals surface area (Å²) in [5.41, 5.74) is 7.33. The molecule has 4 nitrogen and oxygen atoms in total. The molecule has 0 radical (unpaired) electrons. The van der Waals surface area contributed by atoms with E-state index in [0.717, 1.165) is 5.92 Å². The first-order valence-corrected chi connectivity index (χ1v) is 7.29. The Balaban J connectivity index is 1.94. The number of nitrogens with two attached hydrogens (primary N) is 1. The maximum Gasteiger partial charge on any atom is 0.144 e. The fourth-order valence-electron chi connectivity index (χ4n) is 4.48. The van der Waals surface area contributed by atoms with Crippen molar-refractivity contribution in [3.63, 3.8) is 0 Å². The van der Waals surface area contributed by atoms with Crippen LogP contribution in [-0.4, -0.2) is 11.0 Å². The highest BCUT2D eigenvalue weighted by Crippen LogP contribution is 2.63. The van der Waals surface area contributed by atoms with Gasteiger partial charge in [0.25, 0.3) is 0 Å². The fraction of sp³-hybridized carbons (Fsp3) is 0.625. The van der Waals surface area contributed by atoms with Crippen LogP contribution in [0.5, 0.6) is 0 Å². The molecule has 4 heteroatoms. The van der Waals surface area contributed by atoms with Gasteiger partial charge in [-0.3, -0.25) is 0 Å². The van der Waals surface area contributed by atoms with Crippen molar-refractivity contribution >= 4 is 11.5 Å². The second-order valence-electron chi connectivity index (χ2n) is 7.27. The summed E-state index contributed by atoms with van der Waals surface area (Å²) in [7, 11) is 0. The number of rotatable bonds is 2. The Bertz CT molecular complexity index is 582. The molecule has 2 aliphatic carbocycles. The Kier molecular flexibility index (Phi) is 2.72. The van der Waals surface area contributed by atoms with Crippen LogP contribution in [0.25, 0.3) is 0 Å². The number of nitrogens with one attached hydrogen (secondary N) is 1. The van der Waals surface area contributed by atoms with Gasteiger partial charge in [0.05, 0.1) is 17.4 Å². The van der Waals surface area contributed by atoms with E-state index in [2.05, 4.69) is 37.1 Å². The van der Waals surface area contributed by atoms with Gasteiger partial charge in [-0.2, -0.15) is 5.26 Å². The van der Waals surface area contributed by atoms with E-state index in [1.165, 1.54) is 19.3 Å². The van der Waals surface area contributed by atoms with E-state index in [-0.39, 0.29) is 5.41 Å². The third-order valence-corrected chi connectivity index (χ3v) is 5.58. The van der Waals surface area contributed by atoms with Gasteiger partial charge in [-0.25, -0.2) is 4.98 Å². The summed E-state index contributed by atoms with van der Waals surface area (Å²) in [5, 5.41) is 12.8. The van der Waals surface area contributed by atoms with Gasteiger partial charge in [0.15, 0.2) is 0 Å². The van der Waals surface area contributed by atoms with Crippen molar-refractivity contribution in [2.45, 2.75) is 46.1 Å². The minimum Gasteiger partial charge on any atom is -0.397 e. The number of hydrogen-bond acceptors (Lipinski definition) is 4. The molecule has 0 aromatic carbocycles. The molecule has 106 valence electrons. The lowest BCUT2D eigenvalue weighted by molar-refractivity contribution is 0.155. The number of fused-ring (bicyclic) bond motifs is 2. The molecule has 2 aliphatic rings. The Morgan fingerprint density at radius 3 is 2.80 bits per heavy atom. The highest BCUT2D eigenvalue weighted by molar-refractivity contribution is 5.58. The molecule has 2 bridgehead atoms.